The fraction of sp³-hybridized carbons (Fsp3) is 0. The number of aromatic nitrogens is 4. The number of nitrogens with zero attached hydrogens (tertiary/aromatic N) is 2. The van der Waals surface area contributed by atoms with Gasteiger partial charge in [0.05, 0.1) is 22.8 Å². The van der Waals surface area contributed by atoms with Crippen molar-refractivity contribution in [2.45, 2.75) is 4.90 Å². The topological polar surface area (TPSA) is 57.4 Å². The molecule has 0 saturated carbocycles. The Hall–Kier alpha value is -4.07. The van der Waals surface area contributed by atoms with E-state index in [-0.39, 0.29) is 0 Å². The van der Waals surface area contributed by atoms with Crippen molar-refractivity contribution in [3.63, 3.8) is 0 Å². The first kappa shape index (κ1) is 41.0. The summed E-state index contributed by atoms with van der Waals surface area (Å²) < 4.78 is 5.72. The van der Waals surface area contributed by atoms with Crippen LogP contribution in [0, 0.1) is 0 Å². The van der Waals surface area contributed by atoms with E-state index in [1.807, 2.05) is 30.3 Å². The van der Waals surface area contributed by atoms with Gasteiger partial charge < -0.3 is 9.97 Å². The standard InChI is InChI=1S/C50H28Br6N4S/c51-32-17-29(18-33(52)23-32)48-41-11-9-39(57-41)47(28-3-1-26(2-4-28)27-5-7-38(61)8-6-27)40-10-12-42(58-40)49(30-19-34(53)24-35(54)20-30)44-14-16-46(60-44)50(45-15-13-43(48)59-45)31-21-36(55)25-37(56)22-31/h1-25,57,60-61H. The smallest absolute Gasteiger partial charge is 0.0737 e. The molecule has 0 unspecified atom stereocenters. The van der Waals surface area contributed by atoms with Crippen molar-refractivity contribution in [3.8, 4) is 55.6 Å². The molecule has 0 aliphatic carbocycles. The van der Waals surface area contributed by atoms with Crippen LogP contribution >= 0.6 is 108 Å². The highest BCUT2D eigenvalue weighted by Crippen LogP contribution is 2.41. The monoisotopic (exact) mass is 1190 g/mol. The number of H-pyrrole nitrogens is 2. The minimum atomic E-state index is 0.829. The van der Waals surface area contributed by atoms with Crippen LogP contribution in [-0.4, -0.2) is 19.9 Å². The van der Waals surface area contributed by atoms with Crippen molar-refractivity contribution in [2.24, 2.45) is 0 Å². The summed E-state index contributed by atoms with van der Waals surface area (Å²) >= 11 is 27.1. The van der Waals surface area contributed by atoms with Gasteiger partial charge in [-0.2, -0.15) is 0 Å². The first-order chi connectivity index (χ1) is 29.5. The van der Waals surface area contributed by atoms with Gasteiger partial charge in [0.25, 0.3) is 0 Å². The molecule has 3 aromatic heterocycles. The molecular weight excluding hydrogens is 1170 g/mol. The lowest BCUT2D eigenvalue weighted by Gasteiger charge is -2.09. The molecule has 4 nitrogen and oxygen atoms in total. The summed E-state index contributed by atoms with van der Waals surface area (Å²) in [7, 11) is 0. The molecule has 8 aromatic rings. The summed E-state index contributed by atoms with van der Waals surface area (Å²) in [6, 6.07) is 44.4. The van der Waals surface area contributed by atoms with Crippen LogP contribution in [0.3, 0.4) is 0 Å². The maximum atomic E-state index is 5.48. The van der Waals surface area contributed by atoms with E-state index in [2.05, 4.69) is 240 Å². The van der Waals surface area contributed by atoms with Crippen molar-refractivity contribution in [1.82, 2.24) is 19.9 Å². The zero-order valence-electron chi connectivity index (χ0n) is 31.5. The maximum absolute atomic E-state index is 5.48. The van der Waals surface area contributed by atoms with Gasteiger partial charge in [0.2, 0.25) is 0 Å². The van der Waals surface area contributed by atoms with Crippen LogP contribution < -0.4 is 0 Å². The van der Waals surface area contributed by atoms with Crippen LogP contribution in [-0.2, 0) is 0 Å². The largest absolute Gasteiger partial charge is 0.354 e. The van der Waals surface area contributed by atoms with Crippen molar-refractivity contribution in [1.29, 1.82) is 0 Å². The van der Waals surface area contributed by atoms with E-state index >= 15 is 0 Å². The van der Waals surface area contributed by atoms with E-state index in [9.17, 15) is 0 Å². The fourth-order valence-electron chi connectivity index (χ4n) is 8.00. The Morgan fingerprint density at radius 3 is 0.885 bits per heavy atom. The molecule has 11 heteroatoms. The normalized spacial score (nSPS) is 12.0. The molecule has 0 amide bonds. The number of aromatic amines is 2. The summed E-state index contributed by atoms with van der Waals surface area (Å²) in [6.07, 6.45) is 8.46. The predicted molar refractivity (Wildman–Crippen MR) is 279 cm³/mol. The highest BCUT2D eigenvalue weighted by atomic mass is 79.9. The number of hydrogen-bond acceptors (Lipinski definition) is 3. The number of fused-ring (bicyclic) bond motifs is 8. The maximum Gasteiger partial charge on any atom is 0.0737 e. The lowest BCUT2D eigenvalue weighted by molar-refractivity contribution is 1.31. The molecule has 296 valence electrons. The van der Waals surface area contributed by atoms with E-state index in [4.69, 9.17) is 9.97 Å². The molecule has 2 aliphatic rings. The lowest BCUT2D eigenvalue weighted by atomic mass is 9.99. The Kier molecular flexibility index (Phi) is 11.4. The molecule has 5 heterocycles. The molecule has 61 heavy (non-hydrogen) atoms. The first-order valence-corrected chi connectivity index (χ1v) is 24.2. The second-order valence-corrected chi connectivity index (χ2v) is 20.6. The van der Waals surface area contributed by atoms with Gasteiger partial charge in [-0.25, -0.2) is 9.97 Å². The SMILES string of the molecule is Sc1ccc(-c2ccc(-c3c4nc(c(-c5cc(Br)cc(Br)c5)c5ccc([nH]5)c(-c5cc(Br)cc(Br)c5)c5nc(c(-c6cc(Br)cc(Br)c6)c6ccc3[nH]6)C=C5)C=C4)cc2)cc1. The number of thiol groups is 1. The van der Waals surface area contributed by atoms with Gasteiger partial charge in [-0.05, 0) is 149 Å². The number of rotatable bonds is 5. The average molecular weight is 1200 g/mol. The van der Waals surface area contributed by atoms with Crippen LogP contribution in [0.15, 0.2) is 159 Å². The second kappa shape index (κ2) is 16.9. The number of hydrogen-bond donors (Lipinski definition) is 3. The first-order valence-electron chi connectivity index (χ1n) is 19.0. The fourth-order valence-corrected chi connectivity index (χ4v) is 12.0. The molecule has 0 radical (unpaired) electrons. The number of nitrogens with one attached hydrogen (secondary N) is 2. The van der Waals surface area contributed by atoms with Crippen LogP contribution in [0.1, 0.15) is 22.8 Å². The van der Waals surface area contributed by atoms with Crippen molar-refractivity contribution in [2.75, 3.05) is 0 Å². The molecule has 2 N–H and O–H groups in total. The van der Waals surface area contributed by atoms with Gasteiger partial charge in [0.1, 0.15) is 0 Å². The Morgan fingerprint density at radius 2 is 0.574 bits per heavy atom. The molecule has 0 saturated heterocycles. The van der Waals surface area contributed by atoms with Gasteiger partial charge in [0.15, 0.2) is 0 Å². The quantitative estimate of drug-likeness (QED) is 0.150. The number of halogens is 6. The molecular formula is C50H28Br6N4S. The minimum Gasteiger partial charge on any atom is -0.354 e. The molecule has 8 bridgehead atoms. The molecule has 5 aromatic carbocycles. The van der Waals surface area contributed by atoms with Crippen molar-refractivity contribution < 1.29 is 0 Å². The third-order valence-electron chi connectivity index (χ3n) is 10.6. The van der Waals surface area contributed by atoms with Gasteiger partial charge in [0, 0.05) is 76.1 Å². The molecule has 10 rings (SSSR count). The van der Waals surface area contributed by atoms with Gasteiger partial charge >= 0.3 is 0 Å². The van der Waals surface area contributed by atoms with Crippen molar-refractivity contribution >= 4 is 155 Å². The second-order valence-electron chi connectivity index (χ2n) is 14.6. The number of benzene rings is 5. The van der Waals surface area contributed by atoms with E-state index in [1.165, 1.54) is 0 Å². The van der Waals surface area contributed by atoms with E-state index in [0.29, 0.717) is 0 Å². The summed E-state index contributed by atoms with van der Waals surface area (Å²) in [5, 5.41) is 0. The van der Waals surface area contributed by atoms with Gasteiger partial charge in [-0.1, -0.05) is 132 Å². The predicted octanol–water partition coefficient (Wildman–Crippen LogP) is 17.9. The van der Waals surface area contributed by atoms with Crippen LogP contribution in [0.4, 0.5) is 0 Å². The summed E-state index contributed by atoms with van der Waals surface area (Å²) in [4.78, 5) is 19.6. The molecule has 0 fully saturated rings. The zero-order chi connectivity index (χ0) is 41.9. The third kappa shape index (κ3) is 8.31. The van der Waals surface area contributed by atoms with E-state index in [1.54, 1.807) is 0 Å². The molecule has 2 aliphatic heterocycles. The summed E-state index contributed by atoms with van der Waals surface area (Å²) in [5.74, 6) is 0. The molecule has 0 spiro atoms. The Labute approximate surface area is 407 Å². The van der Waals surface area contributed by atoms with Crippen LogP contribution in [0.2, 0.25) is 0 Å². The highest BCUT2D eigenvalue weighted by Gasteiger charge is 2.20. The summed E-state index contributed by atoms with van der Waals surface area (Å²) in [6.45, 7) is 0. The van der Waals surface area contributed by atoms with E-state index in [0.717, 1.165) is 132 Å². The van der Waals surface area contributed by atoms with Gasteiger partial charge in [-0.3, -0.25) is 0 Å². The Morgan fingerprint density at radius 1 is 0.311 bits per heavy atom. The Balaban J connectivity index is 1.35. The van der Waals surface area contributed by atoms with E-state index < -0.39 is 0 Å². The lowest BCUT2D eigenvalue weighted by Crippen LogP contribution is -1.90. The Bertz CT molecular complexity index is 3220. The van der Waals surface area contributed by atoms with Crippen LogP contribution in [0.25, 0.3) is 102 Å². The van der Waals surface area contributed by atoms with Crippen molar-refractivity contribution in [3.05, 3.63) is 177 Å². The summed E-state index contributed by atoms with van der Waals surface area (Å²) in [5.41, 5.74) is 17.2. The average Bonchev–Trinajstić information content (AvgIpc) is 4.06. The van der Waals surface area contributed by atoms with Gasteiger partial charge in [-0.15, -0.1) is 12.6 Å². The highest BCUT2D eigenvalue weighted by molar-refractivity contribution is 9.11. The minimum absolute atomic E-state index is 0.829. The molecule has 0 atom stereocenters. The zero-order valence-corrected chi connectivity index (χ0v) is 42.0. The third-order valence-corrected chi connectivity index (χ3v) is 13.6. The van der Waals surface area contributed by atoms with Crippen LogP contribution in [0.5, 0.6) is 0 Å².